The van der Waals surface area contributed by atoms with Gasteiger partial charge >= 0.3 is 0 Å². The lowest BCUT2D eigenvalue weighted by atomic mass is 9.90. The number of aromatic nitrogens is 2. The number of hydrogen-bond donors (Lipinski definition) is 1. The van der Waals surface area contributed by atoms with E-state index in [0.29, 0.717) is 17.4 Å². The molecule has 0 bridgehead atoms. The molecule has 2 fully saturated rings. The van der Waals surface area contributed by atoms with E-state index in [1.54, 1.807) is 0 Å². The monoisotopic (exact) mass is 467 g/mol. The molecule has 0 unspecified atom stereocenters. The average molecular weight is 468 g/mol. The third-order valence-corrected chi connectivity index (χ3v) is 7.48. The standard InChI is InChI=1S/C29H33N5O/c30-20-24(29(35)31-23-11-5-2-6-12-23)27-28(33-26-14-8-7-13-25(26)32-27)34-17-15-22(16-18-34)19-21-9-3-1-4-10-21/h1,3-4,7-10,13-14,22-24H,2,5-6,11-12,15-19H2,(H,31,35)/t24-/m0/s1. The lowest BCUT2D eigenvalue weighted by Gasteiger charge is -2.34. The van der Waals surface area contributed by atoms with Gasteiger partial charge in [0.2, 0.25) is 5.91 Å². The molecule has 180 valence electrons. The molecule has 1 amide bonds. The van der Waals surface area contributed by atoms with Gasteiger partial charge in [0.1, 0.15) is 5.69 Å². The zero-order chi connectivity index (χ0) is 24.0. The first kappa shape index (κ1) is 23.3. The Morgan fingerprint density at radius 1 is 0.943 bits per heavy atom. The van der Waals surface area contributed by atoms with E-state index >= 15 is 0 Å². The molecule has 6 nitrogen and oxygen atoms in total. The van der Waals surface area contributed by atoms with Gasteiger partial charge < -0.3 is 10.2 Å². The molecule has 2 aliphatic rings. The molecule has 1 aliphatic carbocycles. The van der Waals surface area contributed by atoms with Crippen molar-refractivity contribution in [3.8, 4) is 6.07 Å². The first-order valence-corrected chi connectivity index (χ1v) is 13.0. The van der Waals surface area contributed by atoms with E-state index in [2.05, 4.69) is 46.6 Å². The van der Waals surface area contributed by atoms with E-state index < -0.39 is 5.92 Å². The van der Waals surface area contributed by atoms with Gasteiger partial charge in [0.15, 0.2) is 11.7 Å². The molecule has 2 heterocycles. The van der Waals surface area contributed by atoms with Crippen molar-refractivity contribution in [3.63, 3.8) is 0 Å². The average Bonchev–Trinajstić information content (AvgIpc) is 2.90. The Kier molecular flexibility index (Phi) is 7.23. The smallest absolute Gasteiger partial charge is 0.243 e. The second-order valence-corrected chi connectivity index (χ2v) is 9.95. The fourth-order valence-corrected chi connectivity index (χ4v) is 5.50. The molecular formula is C29H33N5O. The topological polar surface area (TPSA) is 81.9 Å². The quantitative estimate of drug-likeness (QED) is 0.542. The van der Waals surface area contributed by atoms with Crippen LogP contribution in [0.1, 0.15) is 62.1 Å². The van der Waals surface area contributed by atoms with Gasteiger partial charge in [-0.15, -0.1) is 0 Å². The first-order chi connectivity index (χ1) is 17.2. The predicted molar refractivity (Wildman–Crippen MR) is 138 cm³/mol. The van der Waals surface area contributed by atoms with Gasteiger partial charge in [-0.25, -0.2) is 9.97 Å². The molecule has 6 heteroatoms. The van der Waals surface area contributed by atoms with Crippen molar-refractivity contribution < 1.29 is 4.79 Å². The lowest BCUT2D eigenvalue weighted by Crippen LogP contribution is -2.40. The third kappa shape index (κ3) is 5.45. The van der Waals surface area contributed by atoms with Crippen LogP contribution in [0.3, 0.4) is 0 Å². The van der Waals surface area contributed by atoms with Crippen LogP contribution in [-0.2, 0) is 11.2 Å². The van der Waals surface area contributed by atoms with E-state index in [0.717, 1.165) is 69.1 Å². The second-order valence-electron chi connectivity index (χ2n) is 9.95. The molecule has 1 aliphatic heterocycles. The minimum atomic E-state index is -0.967. The Morgan fingerprint density at radius 2 is 1.60 bits per heavy atom. The summed E-state index contributed by atoms with van der Waals surface area (Å²) in [5, 5.41) is 13.2. The number of hydrogen-bond acceptors (Lipinski definition) is 5. The van der Waals surface area contributed by atoms with Gasteiger partial charge in [0.05, 0.1) is 17.1 Å². The molecule has 3 aromatic rings. The van der Waals surface area contributed by atoms with Crippen LogP contribution in [0.15, 0.2) is 54.6 Å². The van der Waals surface area contributed by atoms with E-state index in [-0.39, 0.29) is 11.9 Å². The second kappa shape index (κ2) is 10.9. The minimum absolute atomic E-state index is 0.151. The van der Waals surface area contributed by atoms with Crippen molar-refractivity contribution in [1.29, 1.82) is 5.26 Å². The van der Waals surface area contributed by atoms with E-state index in [1.807, 2.05) is 24.3 Å². The van der Waals surface area contributed by atoms with E-state index in [4.69, 9.17) is 9.97 Å². The highest BCUT2D eigenvalue weighted by Crippen LogP contribution is 2.31. The van der Waals surface area contributed by atoms with Crippen LogP contribution in [0.4, 0.5) is 5.82 Å². The number of anilines is 1. The maximum Gasteiger partial charge on any atom is 0.243 e. The zero-order valence-electron chi connectivity index (χ0n) is 20.2. The largest absolute Gasteiger partial charge is 0.355 e. The summed E-state index contributed by atoms with van der Waals surface area (Å²) in [5.74, 6) is 0.0920. The fourth-order valence-electron chi connectivity index (χ4n) is 5.50. The van der Waals surface area contributed by atoms with Crippen LogP contribution in [0.25, 0.3) is 11.0 Å². The molecular weight excluding hydrogens is 434 g/mol. The van der Waals surface area contributed by atoms with Gasteiger partial charge in [0, 0.05) is 19.1 Å². The van der Waals surface area contributed by atoms with Crippen molar-refractivity contribution in [2.45, 2.75) is 63.3 Å². The molecule has 1 saturated carbocycles. The third-order valence-electron chi connectivity index (χ3n) is 7.48. The number of piperidine rings is 1. The van der Waals surface area contributed by atoms with Gasteiger partial charge in [0.25, 0.3) is 0 Å². The van der Waals surface area contributed by atoms with Crippen LogP contribution in [-0.4, -0.2) is 35.0 Å². The number of para-hydroxylation sites is 2. The molecule has 0 spiro atoms. The van der Waals surface area contributed by atoms with Crippen LogP contribution in [0.5, 0.6) is 0 Å². The van der Waals surface area contributed by atoms with Crippen molar-refractivity contribution in [2.24, 2.45) is 5.92 Å². The summed E-state index contributed by atoms with van der Waals surface area (Å²) >= 11 is 0. The SMILES string of the molecule is N#C[C@H](C(=O)NC1CCCCC1)c1nc2ccccc2nc1N1CCC(Cc2ccccc2)CC1. The molecule has 35 heavy (non-hydrogen) atoms. The highest BCUT2D eigenvalue weighted by atomic mass is 16.2. The van der Waals surface area contributed by atoms with Crippen LogP contribution in [0.2, 0.25) is 0 Å². The summed E-state index contributed by atoms with van der Waals surface area (Å²) in [6.07, 6.45) is 8.61. The van der Waals surface area contributed by atoms with Crippen LogP contribution < -0.4 is 10.2 Å². The van der Waals surface area contributed by atoms with Crippen molar-refractivity contribution >= 4 is 22.8 Å². The number of nitriles is 1. The Morgan fingerprint density at radius 3 is 2.29 bits per heavy atom. The molecule has 1 aromatic heterocycles. The Labute approximate surface area is 207 Å². The summed E-state index contributed by atoms with van der Waals surface area (Å²) < 4.78 is 0. The number of carbonyl (C=O) groups excluding carboxylic acids is 1. The van der Waals surface area contributed by atoms with Crippen LogP contribution >= 0.6 is 0 Å². The zero-order valence-corrected chi connectivity index (χ0v) is 20.2. The van der Waals surface area contributed by atoms with Gasteiger partial charge in [-0.05, 0) is 55.7 Å². The maximum absolute atomic E-state index is 13.2. The number of rotatable bonds is 6. The van der Waals surface area contributed by atoms with Gasteiger partial charge in [-0.3, -0.25) is 4.79 Å². The number of benzene rings is 2. The molecule has 5 rings (SSSR count). The maximum atomic E-state index is 13.2. The summed E-state index contributed by atoms with van der Waals surface area (Å²) in [6.45, 7) is 1.69. The Hall–Kier alpha value is -3.46. The van der Waals surface area contributed by atoms with E-state index in [9.17, 15) is 10.1 Å². The highest BCUT2D eigenvalue weighted by molar-refractivity contribution is 5.89. The normalized spacial score (nSPS) is 18.2. The molecule has 0 radical (unpaired) electrons. The summed E-state index contributed by atoms with van der Waals surface area (Å²) in [7, 11) is 0. The number of nitrogens with zero attached hydrogens (tertiary/aromatic N) is 4. The fraction of sp³-hybridized carbons (Fsp3) is 0.448. The number of nitrogens with one attached hydrogen (secondary N) is 1. The highest BCUT2D eigenvalue weighted by Gasteiger charge is 2.31. The van der Waals surface area contributed by atoms with Crippen molar-refractivity contribution in [3.05, 3.63) is 65.9 Å². The molecule has 1 saturated heterocycles. The van der Waals surface area contributed by atoms with Crippen molar-refractivity contribution in [2.75, 3.05) is 18.0 Å². The Balaban J connectivity index is 1.38. The summed E-state index contributed by atoms with van der Waals surface area (Å²) in [4.78, 5) is 25.3. The summed E-state index contributed by atoms with van der Waals surface area (Å²) in [5.41, 5.74) is 3.38. The van der Waals surface area contributed by atoms with Crippen molar-refractivity contribution in [1.82, 2.24) is 15.3 Å². The lowest BCUT2D eigenvalue weighted by molar-refractivity contribution is -0.122. The van der Waals surface area contributed by atoms with Gasteiger partial charge in [-0.1, -0.05) is 61.7 Å². The predicted octanol–water partition coefficient (Wildman–Crippen LogP) is 5.14. The number of carbonyl (C=O) groups is 1. The summed E-state index contributed by atoms with van der Waals surface area (Å²) in [6, 6.07) is 20.8. The van der Waals surface area contributed by atoms with E-state index in [1.165, 1.54) is 12.0 Å². The minimum Gasteiger partial charge on any atom is -0.355 e. The number of amides is 1. The molecule has 2 aromatic carbocycles. The van der Waals surface area contributed by atoms with Crippen LogP contribution in [0, 0.1) is 17.2 Å². The number of fused-ring (bicyclic) bond motifs is 1. The first-order valence-electron chi connectivity index (χ1n) is 13.0. The molecule has 1 atom stereocenters. The Bertz CT molecular complexity index is 1190. The molecule has 1 N–H and O–H groups in total. The van der Waals surface area contributed by atoms with Gasteiger partial charge in [-0.2, -0.15) is 5.26 Å².